The van der Waals surface area contributed by atoms with E-state index in [-0.39, 0.29) is 29.1 Å². The molecule has 2 heterocycles. The topological polar surface area (TPSA) is 70.4 Å². The third-order valence-corrected chi connectivity index (χ3v) is 8.51. The van der Waals surface area contributed by atoms with E-state index < -0.39 is 12.6 Å². The van der Waals surface area contributed by atoms with Crippen LogP contribution in [0.2, 0.25) is 0 Å². The van der Waals surface area contributed by atoms with Crippen LogP contribution in [0.25, 0.3) is 0 Å². The molecule has 35 heavy (non-hydrogen) atoms. The van der Waals surface area contributed by atoms with Crippen LogP contribution in [0.4, 0.5) is 26.2 Å². The van der Waals surface area contributed by atoms with Crippen molar-refractivity contribution in [1.29, 1.82) is 0 Å². The van der Waals surface area contributed by atoms with Crippen molar-refractivity contribution in [3.8, 4) is 0 Å². The Kier molecular flexibility index (Phi) is 6.49. The van der Waals surface area contributed by atoms with Crippen LogP contribution in [-0.4, -0.2) is 36.7 Å². The first-order valence-corrected chi connectivity index (χ1v) is 13.0. The first kappa shape index (κ1) is 24.1. The van der Waals surface area contributed by atoms with Crippen LogP contribution in [0.3, 0.4) is 0 Å². The fraction of sp³-hybridized carbons (Fsp3) is 0.630. The van der Waals surface area contributed by atoms with Gasteiger partial charge in [-0.3, -0.25) is 9.18 Å². The van der Waals surface area contributed by atoms with Gasteiger partial charge >= 0.3 is 0 Å². The van der Waals surface area contributed by atoms with Crippen LogP contribution >= 0.6 is 0 Å². The Bertz CT molecular complexity index is 1050. The highest BCUT2D eigenvalue weighted by molar-refractivity contribution is 6.04. The number of carbonyl (C=O) groups is 1. The zero-order chi connectivity index (χ0) is 24.7. The van der Waals surface area contributed by atoms with Gasteiger partial charge in [-0.05, 0) is 75.0 Å². The maximum absolute atomic E-state index is 15.0. The molecule has 0 spiro atoms. The number of aryl methyl sites for hydroxylation is 2. The first-order valence-electron chi connectivity index (χ1n) is 13.0. The molecule has 0 unspecified atom stereocenters. The summed E-state index contributed by atoms with van der Waals surface area (Å²) in [4.78, 5) is 19.4. The molecule has 1 amide bonds. The molecule has 4 fully saturated rings. The predicted octanol–water partition coefficient (Wildman–Crippen LogP) is 6.11. The molecule has 1 aliphatic heterocycles. The van der Waals surface area contributed by atoms with E-state index in [1.165, 1.54) is 18.9 Å². The van der Waals surface area contributed by atoms with Crippen molar-refractivity contribution in [3.05, 3.63) is 35.0 Å². The van der Waals surface area contributed by atoms with Crippen molar-refractivity contribution in [1.82, 2.24) is 4.98 Å². The lowest BCUT2D eigenvalue weighted by Gasteiger charge is -2.48. The number of hydrogen-bond acceptors (Lipinski definition) is 5. The van der Waals surface area contributed by atoms with E-state index in [1.54, 1.807) is 6.07 Å². The fourth-order valence-corrected chi connectivity index (χ4v) is 6.17. The molecule has 0 radical (unpaired) electrons. The monoisotopic (exact) mass is 486 g/mol. The predicted molar refractivity (Wildman–Crippen MR) is 133 cm³/mol. The quantitative estimate of drug-likeness (QED) is 0.447. The minimum absolute atomic E-state index is 0.0318. The number of hydrogen-bond donors (Lipinski definition) is 2. The molecule has 1 saturated heterocycles. The van der Waals surface area contributed by atoms with Gasteiger partial charge in [0.25, 0.3) is 11.9 Å². The summed E-state index contributed by atoms with van der Waals surface area (Å²) in [5.41, 5.74) is 1.88. The molecule has 8 heteroatoms. The van der Waals surface area contributed by atoms with E-state index in [9.17, 15) is 9.18 Å². The Balaban J connectivity index is 1.28. The second kappa shape index (κ2) is 9.43. The van der Waals surface area contributed by atoms with E-state index in [0.29, 0.717) is 23.4 Å². The van der Waals surface area contributed by atoms with E-state index in [2.05, 4.69) is 29.5 Å². The molecular weight excluding hydrogens is 450 g/mol. The molecule has 2 N–H and O–H groups in total. The minimum Gasteiger partial charge on any atom is -0.428 e. The van der Waals surface area contributed by atoms with Crippen LogP contribution in [-0.2, 0) is 6.42 Å². The summed E-state index contributed by atoms with van der Waals surface area (Å²) in [7, 11) is 0. The van der Waals surface area contributed by atoms with Crippen molar-refractivity contribution < 1.29 is 18.0 Å². The van der Waals surface area contributed by atoms with Gasteiger partial charge in [0.1, 0.15) is 11.6 Å². The Morgan fingerprint density at radius 3 is 2.46 bits per heavy atom. The summed E-state index contributed by atoms with van der Waals surface area (Å²) in [6.07, 6.45) is 6.90. The zero-order valence-corrected chi connectivity index (χ0v) is 20.9. The minimum atomic E-state index is -0.653. The molecule has 0 atom stereocenters. The fourth-order valence-electron chi connectivity index (χ4n) is 6.17. The number of alkyl halides is 1. The van der Waals surface area contributed by atoms with Gasteiger partial charge in [-0.1, -0.05) is 13.8 Å². The summed E-state index contributed by atoms with van der Waals surface area (Å²) in [6.45, 7) is 7.13. The standard InChI is InChI=1S/C27H36F2N4O2/c1-4-27(5-2)14-33(15-27)26-32-24(22(35-26)6-7-28)25(34)31-19-8-16(3)23(21(29)13-19)30-20-11-17-9-18(10-17)12-20/h8,13,17-18,20,30H,4-7,9-12,14-15H2,1-3H3,(H,31,34). The van der Waals surface area contributed by atoms with Gasteiger partial charge < -0.3 is 20.0 Å². The summed E-state index contributed by atoms with van der Waals surface area (Å²) >= 11 is 0. The van der Waals surface area contributed by atoms with E-state index in [0.717, 1.165) is 56.2 Å². The van der Waals surface area contributed by atoms with Gasteiger partial charge in [0.05, 0.1) is 12.4 Å². The zero-order valence-electron chi connectivity index (χ0n) is 20.9. The lowest BCUT2D eigenvalue weighted by Crippen LogP contribution is -2.56. The molecule has 2 aromatic rings. The van der Waals surface area contributed by atoms with Crippen molar-refractivity contribution in [2.24, 2.45) is 17.3 Å². The molecule has 190 valence electrons. The van der Waals surface area contributed by atoms with Crippen LogP contribution in [0.5, 0.6) is 0 Å². The Hall–Kier alpha value is -2.64. The summed E-state index contributed by atoms with van der Waals surface area (Å²) in [5.74, 6) is 0.858. The molecule has 1 aromatic heterocycles. The van der Waals surface area contributed by atoms with Gasteiger partial charge in [-0.15, -0.1) is 0 Å². The smallest absolute Gasteiger partial charge is 0.298 e. The molecule has 4 aliphatic rings. The third-order valence-electron chi connectivity index (χ3n) is 8.51. The van der Waals surface area contributed by atoms with Crippen LogP contribution in [0.1, 0.15) is 74.2 Å². The highest BCUT2D eigenvalue weighted by Crippen LogP contribution is 2.46. The maximum atomic E-state index is 15.0. The largest absolute Gasteiger partial charge is 0.428 e. The normalized spacial score (nSPS) is 24.5. The molecule has 6 nitrogen and oxygen atoms in total. The van der Waals surface area contributed by atoms with E-state index in [4.69, 9.17) is 4.42 Å². The number of anilines is 3. The van der Waals surface area contributed by atoms with E-state index >= 15 is 4.39 Å². The van der Waals surface area contributed by atoms with Crippen molar-refractivity contribution >= 4 is 23.3 Å². The number of nitrogens with zero attached hydrogens (tertiary/aromatic N) is 2. The number of carbonyl (C=O) groups excluding carboxylic acids is 1. The Morgan fingerprint density at radius 1 is 1.17 bits per heavy atom. The molecule has 6 rings (SSSR count). The average Bonchev–Trinajstić information content (AvgIpc) is 3.20. The number of fused-ring (bicyclic) bond motifs is 2. The number of benzene rings is 1. The molecule has 2 bridgehead atoms. The lowest BCUT2D eigenvalue weighted by molar-refractivity contribution is 0.102. The highest BCUT2D eigenvalue weighted by atomic mass is 19.1. The number of rotatable bonds is 9. The summed E-state index contributed by atoms with van der Waals surface area (Å²) in [6, 6.07) is 3.75. The van der Waals surface area contributed by atoms with Gasteiger partial charge in [-0.25, -0.2) is 4.39 Å². The second-order valence-electron chi connectivity index (χ2n) is 10.9. The molecule has 1 aromatic carbocycles. The van der Waals surface area contributed by atoms with Crippen LogP contribution in [0.15, 0.2) is 16.5 Å². The second-order valence-corrected chi connectivity index (χ2v) is 10.9. The number of aromatic nitrogens is 1. The van der Waals surface area contributed by atoms with E-state index in [1.807, 2.05) is 11.8 Å². The van der Waals surface area contributed by atoms with Crippen molar-refractivity contribution in [2.75, 3.05) is 35.3 Å². The summed E-state index contributed by atoms with van der Waals surface area (Å²) < 4.78 is 34.0. The van der Waals surface area contributed by atoms with Gasteiger partial charge in [-0.2, -0.15) is 4.98 Å². The average molecular weight is 487 g/mol. The number of halogens is 2. The van der Waals surface area contributed by atoms with Crippen LogP contribution in [0, 0.1) is 30.0 Å². The SMILES string of the molecule is CCC1(CC)CN(c2nc(C(=O)Nc3cc(C)c(NC4CC5CC(C5)C4)c(F)c3)c(CCF)o2)C1. The summed E-state index contributed by atoms with van der Waals surface area (Å²) in [5, 5.41) is 6.14. The Morgan fingerprint density at radius 2 is 1.86 bits per heavy atom. The number of amides is 1. The highest BCUT2D eigenvalue weighted by Gasteiger charge is 2.42. The maximum Gasteiger partial charge on any atom is 0.298 e. The number of nitrogens with one attached hydrogen (secondary N) is 2. The van der Waals surface area contributed by atoms with Gasteiger partial charge in [0.2, 0.25) is 0 Å². The van der Waals surface area contributed by atoms with Crippen molar-refractivity contribution in [2.45, 2.75) is 71.8 Å². The van der Waals surface area contributed by atoms with Gasteiger partial charge in [0.15, 0.2) is 5.69 Å². The number of oxazole rings is 1. The van der Waals surface area contributed by atoms with Crippen LogP contribution < -0.4 is 15.5 Å². The first-order chi connectivity index (χ1) is 16.8. The molecular formula is C27H36F2N4O2. The Labute approximate surface area is 205 Å². The lowest BCUT2D eigenvalue weighted by atomic mass is 9.63. The molecule has 3 aliphatic carbocycles. The molecule has 3 saturated carbocycles. The van der Waals surface area contributed by atoms with Gasteiger partial charge in [0, 0.05) is 36.7 Å². The third kappa shape index (κ3) is 4.64. The van der Waals surface area contributed by atoms with Crippen molar-refractivity contribution in [3.63, 3.8) is 0 Å².